The van der Waals surface area contributed by atoms with Crippen molar-refractivity contribution in [2.75, 3.05) is 20.6 Å². The van der Waals surface area contributed by atoms with Gasteiger partial charge in [0.25, 0.3) is 0 Å². The van der Waals surface area contributed by atoms with E-state index >= 15 is 0 Å². The fraction of sp³-hybridized carbons (Fsp3) is 0.400. The summed E-state index contributed by atoms with van der Waals surface area (Å²) in [6, 6.07) is 6.21. The minimum Gasteiger partial charge on any atom is -1.00 e. The van der Waals surface area contributed by atoms with E-state index in [2.05, 4.69) is 26.2 Å². The van der Waals surface area contributed by atoms with E-state index < -0.39 is 0 Å². The number of quaternary nitrogens is 1. The van der Waals surface area contributed by atoms with Crippen molar-refractivity contribution in [3.05, 3.63) is 28.8 Å². The first-order valence-electron chi connectivity index (χ1n) is 4.21. The van der Waals surface area contributed by atoms with Gasteiger partial charge in [0, 0.05) is 23.1 Å². The molecule has 13 heavy (non-hydrogen) atoms. The first-order chi connectivity index (χ1) is 5.59. The van der Waals surface area contributed by atoms with Crippen molar-refractivity contribution < 1.29 is 17.0 Å². The highest BCUT2D eigenvalue weighted by Crippen LogP contribution is 2.33. The summed E-state index contributed by atoms with van der Waals surface area (Å²) in [6.07, 6.45) is 1.16. The van der Waals surface area contributed by atoms with Crippen molar-refractivity contribution in [1.82, 2.24) is 4.48 Å². The number of rotatable bonds is 0. The quantitative estimate of drug-likeness (QED) is 0.552. The number of fused-ring (bicyclic) bond motifs is 1. The van der Waals surface area contributed by atoms with Crippen LogP contribution >= 0.6 is 11.6 Å². The summed E-state index contributed by atoms with van der Waals surface area (Å²) < 4.78 is 0.993. The Bertz CT molecular complexity index is 323. The smallest absolute Gasteiger partial charge is 0.135 e. The van der Waals surface area contributed by atoms with E-state index in [1.165, 1.54) is 17.8 Å². The second-order valence-electron chi connectivity index (χ2n) is 3.93. The second-order valence-corrected chi connectivity index (χ2v) is 4.37. The van der Waals surface area contributed by atoms with E-state index in [4.69, 9.17) is 11.6 Å². The van der Waals surface area contributed by atoms with Gasteiger partial charge < -0.3 is 17.0 Å². The van der Waals surface area contributed by atoms with Gasteiger partial charge in [-0.2, -0.15) is 0 Å². The molecule has 0 spiro atoms. The lowest BCUT2D eigenvalue weighted by Gasteiger charge is -2.23. The molecule has 0 aliphatic carbocycles. The van der Waals surface area contributed by atoms with Gasteiger partial charge in [-0.15, -0.1) is 0 Å². The standard InChI is InChI=1S/C10H13ClN.BrH/c1-12(2)6-5-8-7-9(11)3-4-10(8)12;/h3-4,7H,5-6H2,1-2H3;1H/q+1;/p-1. The molecule has 3 heteroatoms. The van der Waals surface area contributed by atoms with Gasteiger partial charge in [0.05, 0.1) is 20.6 Å². The van der Waals surface area contributed by atoms with Gasteiger partial charge in [0.1, 0.15) is 5.69 Å². The third kappa shape index (κ3) is 1.90. The molecule has 1 aromatic carbocycles. The van der Waals surface area contributed by atoms with E-state index in [0.717, 1.165) is 15.9 Å². The number of hydrogen-bond acceptors (Lipinski definition) is 0. The zero-order chi connectivity index (χ0) is 8.77. The van der Waals surface area contributed by atoms with Crippen LogP contribution in [-0.4, -0.2) is 20.6 Å². The fourth-order valence-corrected chi connectivity index (χ4v) is 2.06. The third-order valence-electron chi connectivity index (χ3n) is 2.63. The van der Waals surface area contributed by atoms with E-state index in [1.807, 2.05) is 6.07 Å². The van der Waals surface area contributed by atoms with Gasteiger partial charge in [-0.25, -0.2) is 0 Å². The number of likely N-dealkylation sites (N-methyl/N-ethyl adjacent to an activating group) is 1. The molecule has 0 saturated carbocycles. The van der Waals surface area contributed by atoms with Crippen LogP contribution in [0.1, 0.15) is 5.56 Å². The molecule has 1 nitrogen and oxygen atoms in total. The van der Waals surface area contributed by atoms with E-state index in [-0.39, 0.29) is 17.0 Å². The van der Waals surface area contributed by atoms with Crippen molar-refractivity contribution >= 4 is 17.3 Å². The maximum absolute atomic E-state index is 5.91. The molecule has 72 valence electrons. The van der Waals surface area contributed by atoms with Crippen molar-refractivity contribution in [1.29, 1.82) is 0 Å². The van der Waals surface area contributed by atoms with Crippen molar-refractivity contribution in [3.63, 3.8) is 0 Å². The minimum atomic E-state index is 0. The molecule has 0 radical (unpaired) electrons. The molecule has 1 aromatic rings. The molecule has 0 unspecified atom stereocenters. The summed E-state index contributed by atoms with van der Waals surface area (Å²) in [7, 11) is 4.47. The molecule has 0 fully saturated rings. The molecule has 0 N–H and O–H groups in total. The molecular formula is C10H13BrClN. The third-order valence-corrected chi connectivity index (χ3v) is 2.87. The largest absolute Gasteiger partial charge is 1.00 e. The summed E-state index contributed by atoms with van der Waals surface area (Å²) >= 11 is 5.91. The SMILES string of the molecule is C[N+]1(C)CCc2cc(Cl)ccc21.[Br-]. The van der Waals surface area contributed by atoms with Crippen LogP contribution in [0.5, 0.6) is 0 Å². The van der Waals surface area contributed by atoms with Gasteiger partial charge in [-0.1, -0.05) is 11.6 Å². The van der Waals surface area contributed by atoms with Crippen LogP contribution in [-0.2, 0) is 6.42 Å². The topological polar surface area (TPSA) is 0 Å². The molecular weight excluding hydrogens is 249 g/mol. The molecule has 1 aliphatic heterocycles. The van der Waals surface area contributed by atoms with Crippen LogP contribution in [0.15, 0.2) is 18.2 Å². The Morgan fingerprint density at radius 3 is 2.69 bits per heavy atom. The Morgan fingerprint density at radius 2 is 2.00 bits per heavy atom. The van der Waals surface area contributed by atoms with Gasteiger partial charge >= 0.3 is 0 Å². The highest BCUT2D eigenvalue weighted by atomic mass is 79.9. The number of nitrogens with zero attached hydrogens (tertiary/aromatic N) is 1. The molecule has 0 amide bonds. The van der Waals surface area contributed by atoms with Gasteiger partial charge in [-0.3, -0.25) is 4.48 Å². The molecule has 2 rings (SSSR count). The normalized spacial score (nSPS) is 17.8. The van der Waals surface area contributed by atoms with Crippen LogP contribution in [0.3, 0.4) is 0 Å². The van der Waals surface area contributed by atoms with E-state index in [0.29, 0.717) is 0 Å². The zero-order valence-electron chi connectivity index (χ0n) is 7.85. The molecule has 1 aliphatic rings. The summed E-state index contributed by atoms with van der Waals surface area (Å²) in [5, 5.41) is 0.857. The summed E-state index contributed by atoms with van der Waals surface area (Å²) in [5.41, 5.74) is 2.83. The minimum absolute atomic E-state index is 0. The van der Waals surface area contributed by atoms with Gasteiger partial charge in [0.15, 0.2) is 0 Å². The Labute approximate surface area is 94.7 Å². The number of halogens is 2. The van der Waals surface area contributed by atoms with Crippen LogP contribution in [0, 0.1) is 0 Å². The molecule has 0 atom stereocenters. The number of benzene rings is 1. The molecule has 1 heterocycles. The zero-order valence-corrected chi connectivity index (χ0v) is 10.2. The molecule has 0 bridgehead atoms. The highest BCUT2D eigenvalue weighted by Gasteiger charge is 2.29. The van der Waals surface area contributed by atoms with E-state index in [9.17, 15) is 0 Å². The van der Waals surface area contributed by atoms with Crippen LogP contribution in [0.2, 0.25) is 5.02 Å². The van der Waals surface area contributed by atoms with E-state index in [1.54, 1.807) is 0 Å². The Balaban J connectivity index is 0.000000845. The first-order valence-corrected chi connectivity index (χ1v) is 4.59. The maximum Gasteiger partial charge on any atom is 0.135 e. The lowest BCUT2D eigenvalue weighted by Crippen LogP contribution is -3.00. The predicted octanol–water partition coefficient (Wildman–Crippen LogP) is -0.533. The van der Waals surface area contributed by atoms with Gasteiger partial charge in [-0.05, 0) is 12.1 Å². The number of hydrogen-bond donors (Lipinski definition) is 0. The van der Waals surface area contributed by atoms with Gasteiger partial charge in [0.2, 0.25) is 0 Å². The Hall–Kier alpha value is -0.0500. The fourth-order valence-electron chi connectivity index (χ4n) is 1.87. The highest BCUT2D eigenvalue weighted by molar-refractivity contribution is 6.30. The second kappa shape index (κ2) is 3.60. The van der Waals surface area contributed by atoms with Crippen molar-refractivity contribution in [2.24, 2.45) is 0 Å². The van der Waals surface area contributed by atoms with Crippen LogP contribution in [0.25, 0.3) is 0 Å². The average Bonchev–Trinajstić information content (AvgIpc) is 2.27. The monoisotopic (exact) mass is 261 g/mol. The summed E-state index contributed by atoms with van der Waals surface area (Å²) in [5.74, 6) is 0. The summed E-state index contributed by atoms with van der Waals surface area (Å²) in [6.45, 7) is 1.19. The Kier molecular flexibility index (Phi) is 3.05. The van der Waals surface area contributed by atoms with Crippen LogP contribution < -0.4 is 21.5 Å². The van der Waals surface area contributed by atoms with Crippen molar-refractivity contribution in [2.45, 2.75) is 6.42 Å². The molecule has 0 saturated heterocycles. The average molecular weight is 263 g/mol. The Morgan fingerprint density at radius 1 is 1.31 bits per heavy atom. The molecule has 0 aromatic heterocycles. The predicted molar refractivity (Wildman–Crippen MR) is 53.7 cm³/mol. The lowest BCUT2D eigenvalue weighted by atomic mass is 10.2. The van der Waals surface area contributed by atoms with Crippen LogP contribution in [0.4, 0.5) is 5.69 Å². The van der Waals surface area contributed by atoms with Crippen molar-refractivity contribution in [3.8, 4) is 0 Å². The lowest BCUT2D eigenvalue weighted by molar-refractivity contribution is -0.00000252. The maximum atomic E-state index is 5.91. The first kappa shape index (κ1) is 11.0. The summed E-state index contributed by atoms with van der Waals surface area (Å²) in [4.78, 5) is 0.